The minimum atomic E-state index is -4.75. The van der Waals surface area contributed by atoms with Crippen LogP contribution in [0, 0.1) is 0 Å². The van der Waals surface area contributed by atoms with E-state index in [1.807, 2.05) is 0 Å². The maximum Gasteiger partial charge on any atom is 0.314 e. The number of carbonyl (C=O) groups excluding carboxylic acids is 1. The summed E-state index contributed by atoms with van der Waals surface area (Å²) in [7, 11) is -4.75. The van der Waals surface area contributed by atoms with Crippen LogP contribution in [0.15, 0.2) is 51.2 Å². The predicted molar refractivity (Wildman–Crippen MR) is 68.3 cm³/mol. The summed E-state index contributed by atoms with van der Waals surface area (Å²) in [4.78, 5) is 11.6. The first kappa shape index (κ1) is 14.1. The summed E-state index contributed by atoms with van der Waals surface area (Å²) in [5.41, 5.74) is -0.334. The molecule has 0 aliphatic carbocycles. The average Bonchev–Trinajstić information content (AvgIpc) is 2.73. The summed E-state index contributed by atoms with van der Waals surface area (Å²) in [6.07, 6.45) is 0. The van der Waals surface area contributed by atoms with Crippen LogP contribution >= 0.6 is 23.2 Å². The van der Waals surface area contributed by atoms with Gasteiger partial charge in [-0.15, -0.1) is 10.2 Å². The maximum absolute atomic E-state index is 11.6. The Labute approximate surface area is 118 Å². The van der Waals surface area contributed by atoms with E-state index in [0.29, 0.717) is 0 Å². The molecule has 100 valence electrons. The van der Waals surface area contributed by atoms with Gasteiger partial charge in [-0.2, -0.15) is 8.42 Å². The van der Waals surface area contributed by atoms with Crippen LogP contribution < -0.4 is 0 Å². The van der Waals surface area contributed by atoms with Gasteiger partial charge in [0.25, 0.3) is 5.91 Å². The standard InChI is InChI=1S/C10H6Cl2N2O4S/c11-10(12,6-4-2-1-3-5-6)7-8(15)13-14-9(7)19(16,17)18/h1-5H,(H,16,17,18). The van der Waals surface area contributed by atoms with Crippen molar-refractivity contribution in [2.75, 3.05) is 0 Å². The fourth-order valence-electron chi connectivity index (χ4n) is 1.52. The van der Waals surface area contributed by atoms with E-state index >= 15 is 0 Å². The van der Waals surface area contributed by atoms with Crippen molar-refractivity contribution in [2.45, 2.75) is 4.33 Å². The van der Waals surface area contributed by atoms with Crippen LogP contribution in [0.4, 0.5) is 0 Å². The third-order valence-electron chi connectivity index (χ3n) is 2.35. The molecule has 0 aromatic heterocycles. The molecular formula is C10H6Cl2N2O4S. The van der Waals surface area contributed by atoms with Crippen LogP contribution in [0.3, 0.4) is 0 Å². The number of hydrogen-bond acceptors (Lipinski definition) is 4. The Kier molecular flexibility index (Phi) is 3.48. The second-order valence-electron chi connectivity index (χ2n) is 3.60. The summed E-state index contributed by atoms with van der Waals surface area (Å²) >= 11 is 12.1. The van der Waals surface area contributed by atoms with Crippen LogP contribution in [-0.2, 0) is 19.2 Å². The Bertz CT molecular complexity index is 695. The van der Waals surface area contributed by atoms with Gasteiger partial charge >= 0.3 is 10.1 Å². The van der Waals surface area contributed by atoms with Gasteiger partial charge in [0.05, 0.1) is 0 Å². The first-order chi connectivity index (χ1) is 8.74. The molecule has 1 aromatic rings. The summed E-state index contributed by atoms with van der Waals surface area (Å²) < 4.78 is 29.3. The molecule has 0 fully saturated rings. The highest BCUT2D eigenvalue weighted by Crippen LogP contribution is 2.45. The van der Waals surface area contributed by atoms with E-state index in [4.69, 9.17) is 27.8 Å². The molecule has 0 saturated heterocycles. The monoisotopic (exact) mass is 320 g/mol. The number of nitrogens with zero attached hydrogens (tertiary/aromatic N) is 2. The molecule has 9 heteroatoms. The number of rotatable bonds is 3. The van der Waals surface area contributed by atoms with Crippen molar-refractivity contribution < 1.29 is 17.8 Å². The summed E-state index contributed by atoms with van der Waals surface area (Å²) in [5, 5.41) is 5.23. The average molecular weight is 321 g/mol. The van der Waals surface area contributed by atoms with Crippen molar-refractivity contribution >= 4 is 39.2 Å². The minimum Gasteiger partial charge on any atom is -0.281 e. The Morgan fingerprint density at radius 2 is 1.68 bits per heavy atom. The van der Waals surface area contributed by atoms with Gasteiger partial charge in [0.1, 0.15) is 5.57 Å². The largest absolute Gasteiger partial charge is 0.314 e. The molecule has 6 nitrogen and oxygen atoms in total. The molecule has 2 rings (SSSR count). The van der Waals surface area contributed by atoms with Crippen molar-refractivity contribution in [1.29, 1.82) is 0 Å². The van der Waals surface area contributed by atoms with E-state index in [9.17, 15) is 13.2 Å². The molecule has 0 unspecified atom stereocenters. The van der Waals surface area contributed by atoms with Crippen LogP contribution in [0.25, 0.3) is 0 Å². The molecule has 1 aliphatic rings. The molecule has 1 amide bonds. The molecule has 0 bridgehead atoms. The third kappa shape index (κ3) is 2.55. The van der Waals surface area contributed by atoms with Crippen LogP contribution in [0.1, 0.15) is 5.56 Å². The molecular weight excluding hydrogens is 315 g/mol. The molecule has 19 heavy (non-hydrogen) atoms. The van der Waals surface area contributed by atoms with Crippen molar-refractivity contribution in [3.63, 3.8) is 0 Å². The smallest absolute Gasteiger partial charge is 0.281 e. The highest BCUT2D eigenvalue weighted by Gasteiger charge is 2.44. The Morgan fingerprint density at radius 1 is 1.11 bits per heavy atom. The number of benzene rings is 1. The minimum absolute atomic E-state index is 0.259. The lowest BCUT2D eigenvalue weighted by molar-refractivity contribution is -0.114. The van der Waals surface area contributed by atoms with E-state index in [0.717, 1.165) is 0 Å². The van der Waals surface area contributed by atoms with Gasteiger partial charge in [0, 0.05) is 0 Å². The molecule has 1 N–H and O–H groups in total. The van der Waals surface area contributed by atoms with Gasteiger partial charge in [-0.3, -0.25) is 9.35 Å². The molecule has 0 spiro atoms. The second-order valence-corrected chi connectivity index (χ2v) is 6.26. The third-order valence-corrected chi connectivity index (χ3v) is 3.94. The SMILES string of the molecule is O=C1N=NC(S(=O)(=O)O)=C1C(Cl)(Cl)c1ccccc1. The number of hydrogen-bond donors (Lipinski definition) is 1. The molecule has 1 aromatic carbocycles. The topological polar surface area (TPSA) is 96.2 Å². The lowest BCUT2D eigenvalue weighted by Crippen LogP contribution is -2.21. The normalized spacial score (nSPS) is 16.3. The van der Waals surface area contributed by atoms with Crippen molar-refractivity contribution in [3.05, 3.63) is 46.5 Å². The highest BCUT2D eigenvalue weighted by atomic mass is 35.5. The number of halogens is 2. The second kappa shape index (κ2) is 4.68. The molecule has 0 radical (unpaired) electrons. The fourth-order valence-corrected chi connectivity index (χ4v) is 2.87. The van der Waals surface area contributed by atoms with Crippen LogP contribution in [0.2, 0.25) is 0 Å². The zero-order valence-corrected chi connectivity index (χ0v) is 11.4. The first-order valence-corrected chi connectivity index (χ1v) is 7.06. The molecule has 1 heterocycles. The van der Waals surface area contributed by atoms with Crippen molar-refractivity contribution in [2.24, 2.45) is 10.2 Å². The summed E-state index contributed by atoms with van der Waals surface area (Å²) in [6, 6.07) is 7.91. The number of carbonyl (C=O) groups is 1. The quantitative estimate of drug-likeness (QED) is 0.683. The van der Waals surface area contributed by atoms with Gasteiger partial charge in [-0.25, -0.2) is 0 Å². The zero-order chi connectivity index (χ0) is 14.3. The van der Waals surface area contributed by atoms with Gasteiger partial charge in [0.15, 0.2) is 4.33 Å². The lowest BCUT2D eigenvalue weighted by Gasteiger charge is -2.20. The van der Waals surface area contributed by atoms with Gasteiger partial charge in [0.2, 0.25) is 5.03 Å². The van der Waals surface area contributed by atoms with E-state index in [1.54, 1.807) is 18.2 Å². The summed E-state index contributed by atoms with van der Waals surface area (Å²) in [5.74, 6) is -1.01. The van der Waals surface area contributed by atoms with E-state index in [-0.39, 0.29) is 5.56 Å². The Balaban J connectivity index is 2.66. The number of amides is 1. The first-order valence-electron chi connectivity index (χ1n) is 4.86. The van der Waals surface area contributed by atoms with Crippen molar-refractivity contribution in [1.82, 2.24) is 0 Å². The van der Waals surface area contributed by atoms with Gasteiger partial charge in [-0.1, -0.05) is 53.5 Å². The zero-order valence-electron chi connectivity index (χ0n) is 9.12. The van der Waals surface area contributed by atoms with E-state index in [2.05, 4.69) is 10.2 Å². The molecule has 1 aliphatic heterocycles. The van der Waals surface area contributed by atoms with Crippen LogP contribution in [0.5, 0.6) is 0 Å². The van der Waals surface area contributed by atoms with Crippen molar-refractivity contribution in [3.8, 4) is 0 Å². The Hall–Kier alpha value is -1.28. The van der Waals surface area contributed by atoms with Gasteiger partial charge in [-0.05, 0) is 5.56 Å². The predicted octanol–water partition coefficient (Wildman–Crippen LogP) is 2.41. The highest BCUT2D eigenvalue weighted by molar-refractivity contribution is 7.89. The van der Waals surface area contributed by atoms with E-state index in [1.165, 1.54) is 12.1 Å². The number of alkyl halides is 2. The number of azo groups is 1. The molecule has 0 atom stereocenters. The van der Waals surface area contributed by atoms with Gasteiger partial charge < -0.3 is 0 Å². The van der Waals surface area contributed by atoms with E-state index < -0.39 is 31.0 Å². The summed E-state index contributed by atoms with van der Waals surface area (Å²) in [6.45, 7) is 0. The maximum atomic E-state index is 11.6. The fraction of sp³-hybridized carbons (Fsp3) is 0.100. The lowest BCUT2D eigenvalue weighted by atomic mass is 10.0. The molecule has 0 saturated carbocycles. The van der Waals surface area contributed by atoms with Crippen LogP contribution in [-0.4, -0.2) is 18.9 Å². The Morgan fingerprint density at radius 3 is 2.21 bits per heavy atom.